The molecular weight excluding hydrogens is 80.0 g/mol. The Morgan fingerprint density at radius 1 is 1.67 bits per heavy atom. The quantitative estimate of drug-likeness (QED) is 0.401. The molecule has 6 heavy (non-hydrogen) atoms. The van der Waals surface area contributed by atoms with Crippen molar-refractivity contribution in [1.82, 2.24) is 0 Å². The minimum absolute atomic E-state index is 0.275. The molecule has 2 heteroatoms. The second-order valence-electron chi connectivity index (χ2n) is 2.25. The first kappa shape index (κ1) is 2.99. The van der Waals surface area contributed by atoms with Gasteiger partial charge < -0.3 is 10.2 Å². The second kappa shape index (κ2) is 0.453. The standard InChI is InChI=1S/C4H6O2/c5-3-2-1-4(2,3)6/h2-3,5-6H,1H2. The van der Waals surface area contributed by atoms with Crippen LogP contribution in [0.3, 0.4) is 0 Å². The van der Waals surface area contributed by atoms with Crippen molar-refractivity contribution in [3.05, 3.63) is 0 Å². The van der Waals surface area contributed by atoms with Gasteiger partial charge in [-0.25, -0.2) is 0 Å². The van der Waals surface area contributed by atoms with Crippen LogP contribution in [-0.4, -0.2) is 21.9 Å². The van der Waals surface area contributed by atoms with E-state index in [2.05, 4.69) is 0 Å². The molecule has 3 atom stereocenters. The van der Waals surface area contributed by atoms with Gasteiger partial charge in [-0.2, -0.15) is 0 Å². The average Bonchev–Trinajstić information content (AvgIpc) is 2.24. The minimum Gasteiger partial charge on any atom is -0.390 e. The van der Waals surface area contributed by atoms with Crippen molar-refractivity contribution in [2.24, 2.45) is 5.92 Å². The first-order valence-electron chi connectivity index (χ1n) is 2.15. The maximum absolute atomic E-state index is 8.72. The van der Waals surface area contributed by atoms with Gasteiger partial charge in [-0.05, 0) is 6.42 Å². The Kier molecular flexibility index (Phi) is 0.226. The molecule has 2 saturated carbocycles. The summed E-state index contributed by atoms with van der Waals surface area (Å²) in [5.41, 5.74) is -0.569. The molecule has 2 aliphatic rings. The van der Waals surface area contributed by atoms with Crippen molar-refractivity contribution < 1.29 is 10.2 Å². The zero-order chi connectivity index (χ0) is 4.36. The van der Waals surface area contributed by atoms with E-state index in [4.69, 9.17) is 10.2 Å². The summed E-state index contributed by atoms with van der Waals surface area (Å²) in [6.07, 6.45) is 0.492. The molecule has 2 fully saturated rings. The fourth-order valence-corrected chi connectivity index (χ4v) is 0.847. The predicted molar refractivity (Wildman–Crippen MR) is 19.1 cm³/mol. The van der Waals surface area contributed by atoms with Gasteiger partial charge in [-0.3, -0.25) is 0 Å². The van der Waals surface area contributed by atoms with Crippen LogP contribution < -0.4 is 0 Å². The Labute approximate surface area is 35.4 Å². The average molecular weight is 86.1 g/mol. The Hall–Kier alpha value is -0.0800. The van der Waals surface area contributed by atoms with E-state index in [1.165, 1.54) is 0 Å². The number of hydrogen-bond acceptors (Lipinski definition) is 2. The number of rotatable bonds is 0. The van der Waals surface area contributed by atoms with Crippen LogP contribution in [0.5, 0.6) is 0 Å². The highest BCUT2D eigenvalue weighted by atomic mass is 16.4. The van der Waals surface area contributed by atoms with E-state index in [1.54, 1.807) is 0 Å². The molecule has 0 saturated heterocycles. The van der Waals surface area contributed by atoms with Crippen LogP contribution in [0.4, 0.5) is 0 Å². The van der Waals surface area contributed by atoms with Gasteiger partial charge in [0.25, 0.3) is 0 Å². The van der Waals surface area contributed by atoms with Crippen LogP contribution in [0.15, 0.2) is 0 Å². The molecule has 3 unspecified atom stereocenters. The van der Waals surface area contributed by atoms with Crippen LogP contribution in [0.2, 0.25) is 0 Å². The molecule has 2 rings (SSSR count). The molecule has 0 spiro atoms. The fraction of sp³-hybridized carbons (Fsp3) is 1.00. The first-order valence-corrected chi connectivity index (χ1v) is 2.15. The lowest BCUT2D eigenvalue weighted by atomic mass is 10.4. The predicted octanol–water partition coefficient (Wildman–Crippen LogP) is -0.888. The Morgan fingerprint density at radius 2 is 2.00 bits per heavy atom. The summed E-state index contributed by atoms with van der Waals surface area (Å²) in [4.78, 5) is 0. The first-order chi connectivity index (χ1) is 2.75. The summed E-state index contributed by atoms with van der Waals surface area (Å²) in [5.74, 6) is 0.275. The summed E-state index contributed by atoms with van der Waals surface area (Å²) in [6.45, 7) is 0. The van der Waals surface area contributed by atoms with Gasteiger partial charge in [0.1, 0.15) is 0 Å². The Morgan fingerprint density at radius 3 is 2.00 bits per heavy atom. The third-order valence-corrected chi connectivity index (χ3v) is 1.81. The van der Waals surface area contributed by atoms with Gasteiger partial charge in [-0.1, -0.05) is 0 Å². The van der Waals surface area contributed by atoms with Crippen molar-refractivity contribution >= 4 is 0 Å². The van der Waals surface area contributed by atoms with E-state index in [0.29, 0.717) is 0 Å². The van der Waals surface area contributed by atoms with E-state index in [9.17, 15) is 0 Å². The normalized spacial score (nSPS) is 73.0. The molecule has 0 bridgehead atoms. The molecule has 0 heterocycles. The highest BCUT2D eigenvalue weighted by molar-refractivity contribution is 5.29. The zero-order valence-corrected chi connectivity index (χ0v) is 3.26. The van der Waals surface area contributed by atoms with Gasteiger partial charge in [0, 0.05) is 5.92 Å². The van der Waals surface area contributed by atoms with Crippen molar-refractivity contribution in [1.29, 1.82) is 0 Å². The molecule has 0 aromatic heterocycles. The monoisotopic (exact) mass is 86.0 g/mol. The third kappa shape index (κ3) is 0.117. The summed E-state index contributed by atoms with van der Waals surface area (Å²) >= 11 is 0. The molecule has 0 aromatic carbocycles. The van der Waals surface area contributed by atoms with E-state index in [0.717, 1.165) is 6.42 Å². The van der Waals surface area contributed by atoms with Crippen LogP contribution in [0, 0.1) is 5.92 Å². The molecule has 0 amide bonds. The SMILES string of the molecule is OC1C2CC12O. The summed E-state index contributed by atoms with van der Waals surface area (Å²) < 4.78 is 0. The lowest BCUT2D eigenvalue weighted by molar-refractivity contribution is 0.0989. The maximum atomic E-state index is 8.72. The van der Waals surface area contributed by atoms with Gasteiger partial charge >= 0.3 is 0 Å². The van der Waals surface area contributed by atoms with Gasteiger partial charge in [0.2, 0.25) is 0 Å². The van der Waals surface area contributed by atoms with Crippen molar-refractivity contribution in [2.45, 2.75) is 18.1 Å². The highest BCUT2D eigenvalue weighted by Gasteiger charge is 2.78. The molecule has 2 nitrogen and oxygen atoms in total. The third-order valence-electron chi connectivity index (χ3n) is 1.81. The van der Waals surface area contributed by atoms with Crippen LogP contribution >= 0.6 is 0 Å². The molecule has 0 radical (unpaired) electrons. The molecule has 0 aromatic rings. The van der Waals surface area contributed by atoms with Crippen molar-refractivity contribution in [3.8, 4) is 0 Å². The van der Waals surface area contributed by atoms with E-state index in [1.807, 2.05) is 0 Å². The molecule has 2 N–H and O–H groups in total. The summed E-state index contributed by atoms with van der Waals surface area (Å²) in [5, 5.41) is 17.2. The molecule has 2 aliphatic carbocycles. The topological polar surface area (TPSA) is 40.5 Å². The van der Waals surface area contributed by atoms with Crippen LogP contribution in [0.1, 0.15) is 6.42 Å². The van der Waals surface area contributed by atoms with Crippen molar-refractivity contribution in [2.75, 3.05) is 0 Å². The zero-order valence-electron chi connectivity index (χ0n) is 3.26. The van der Waals surface area contributed by atoms with Crippen LogP contribution in [0.25, 0.3) is 0 Å². The summed E-state index contributed by atoms with van der Waals surface area (Å²) in [7, 11) is 0. The van der Waals surface area contributed by atoms with Crippen LogP contribution in [-0.2, 0) is 0 Å². The Bertz CT molecular complexity index is 95.7. The van der Waals surface area contributed by atoms with E-state index in [-0.39, 0.29) is 12.0 Å². The van der Waals surface area contributed by atoms with Gasteiger partial charge in [-0.15, -0.1) is 0 Å². The van der Waals surface area contributed by atoms with E-state index >= 15 is 0 Å². The number of fused-ring (bicyclic) bond motifs is 1. The molecular formula is C4H6O2. The fourth-order valence-electron chi connectivity index (χ4n) is 0.847. The van der Waals surface area contributed by atoms with Crippen molar-refractivity contribution in [3.63, 3.8) is 0 Å². The largest absolute Gasteiger partial charge is 0.390 e. The molecule has 0 aliphatic heterocycles. The molecule has 34 valence electrons. The maximum Gasteiger partial charge on any atom is 0.0968 e. The van der Waals surface area contributed by atoms with E-state index < -0.39 is 5.60 Å². The lowest BCUT2D eigenvalue weighted by Gasteiger charge is -1.92. The number of hydrogen-bond donors (Lipinski definition) is 2. The van der Waals surface area contributed by atoms with Gasteiger partial charge in [0.05, 0.1) is 11.7 Å². The lowest BCUT2D eigenvalue weighted by Crippen LogP contribution is -2.06. The minimum atomic E-state index is -0.569. The second-order valence-corrected chi connectivity index (χ2v) is 2.25. The van der Waals surface area contributed by atoms with Gasteiger partial charge in [0.15, 0.2) is 0 Å². The summed E-state index contributed by atoms with van der Waals surface area (Å²) in [6, 6.07) is 0. The Balaban J connectivity index is 2.23. The number of aliphatic hydroxyl groups excluding tert-OH is 1. The smallest absolute Gasteiger partial charge is 0.0968 e. The highest BCUT2D eigenvalue weighted by Crippen LogP contribution is 2.66. The number of aliphatic hydroxyl groups is 2.